The van der Waals surface area contributed by atoms with Crippen molar-refractivity contribution in [1.82, 2.24) is 9.97 Å². The Morgan fingerprint density at radius 2 is 2.25 bits per heavy atom. The minimum atomic E-state index is 0.438. The number of nitrogens with zero attached hydrogens (tertiary/aromatic N) is 2. The Labute approximate surface area is 128 Å². The van der Waals surface area contributed by atoms with Crippen molar-refractivity contribution >= 4 is 38.7 Å². The average molecular weight is 308 g/mol. The molecule has 0 aliphatic rings. The van der Waals surface area contributed by atoms with Crippen LogP contribution in [0.1, 0.15) is 17.6 Å². The van der Waals surface area contributed by atoms with Crippen LogP contribution in [0.2, 0.25) is 0 Å². The van der Waals surface area contributed by atoms with E-state index >= 15 is 0 Å². The van der Waals surface area contributed by atoms with Crippen LogP contribution in [0, 0.1) is 0 Å². The quantitative estimate of drug-likeness (QED) is 0.682. The third kappa shape index (κ3) is 4.00. The summed E-state index contributed by atoms with van der Waals surface area (Å²) >= 11 is 6.26. The number of nitrogens with two attached hydrogens (primary N) is 1. The fourth-order valence-electron chi connectivity index (χ4n) is 1.62. The van der Waals surface area contributed by atoms with Crippen LogP contribution in [0.4, 0.5) is 0 Å². The number of aromatic nitrogens is 2. The van der Waals surface area contributed by atoms with Crippen LogP contribution in [0.5, 0.6) is 0 Å². The number of rotatable bonds is 4. The number of hydrogen-bond donors (Lipinski definition) is 1. The molecule has 0 aliphatic heterocycles. The summed E-state index contributed by atoms with van der Waals surface area (Å²) in [5, 5.41) is 0.971. The van der Waals surface area contributed by atoms with E-state index in [0.29, 0.717) is 6.54 Å². The van der Waals surface area contributed by atoms with Gasteiger partial charge in [-0.25, -0.2) is 4.98 Å². The second kappa shape index (κ2) is 8.64. The zero-order valence-corrected chi connectivity index (χ0v) is 13.2. The molecule has 0 atom stereocenters. The van der Waals surface area contributed by atoms with Gasteiger partial charge in [0.05, 0.1) is 15.9 Å². The third-order valence-electron chi connectivity index (χ3n) is 2.43. The van der Waals surface area contributed by atoms with Crippen molar-refractivity contribution in [2.24, 2.45) is 5.73 Å². The fraction of sp³-hybridized carbons (Fsp3) is 0.200. The second-order valence-corrected chi connectivity index (χ2v) is 4.75. The SMILES string of the molecule is C=C/C=C(\C=C/C)c1nc2cc(CN)ncc2s1.CCl. The van der Waals surface area contributed by atoms with Gasteiger partial charge in [-0.05, 0) is 13.0 Å². The van der Waals surface area contributed by atoms with E-state index < -0.39 is 0 Å². The second-order valence-electron chi connectivity index (χ2n) is 3.72. The van der Waals surface area contributed by atoms with Crippen molar-refractivity contribution in [3.63, 3.8) is 0 Å². The molecule has 2 aromatic heterocycles. The maximum Gasteiger partial charge on any atom is 0.124 e. The fourth-order valence-corrected chi connectivity index (χ4v) is 2.54. The Morgan fingerprint density at radius 1 is 1.50 bits per heavy atom. The number of hydrogen-bond acceptors (Lipinski definition) is 4. The van der Waals surface area contributed by atoms with Crippen LogP contribution < -0.4 is 5.73 Å². The average Bonchev–Trinajstić information content (AvgIpc) is 2.91. The standard InChI is InChI=1S/C14H15N3S.CH3Cl/c1-3-5-10(6-4-2)14-17-12-7-11(8-15)16-9-13(12)18-14;1-2/h3-7,9H,1,8,15H2,2H3;1H3/b6-4-,10-5+;. The predicted molar refractivity (Wildman–Crippen MR) is 90.1 cm³/mol. The number of fused-ring (bicyclic) bond motifs is 1. The summed E-state index contributed by atoms with van der Waals surface area (Å²) in [7, 11) is 0. The third-order valence-corrected chi connectivity index (χ3v) is 3.49. The molecule has 3 nitrogen and oxygen atoms in total. The topological polar surface area (TPSA) is 51.8 Å². The van der Waals surface area contributed by atoms with Gasteiger partial charge in [0.2, 0.25) is 0 Å². The van der Waals surface area contributed by atoms with Gasteiger partial charge in [0.1, 0.15) is 5.01 Å². The normalized spacial score (nSPS) is 11.5. The summed E-state index contributed by atoms with van der Waals surface area (Å²) in [4.78, 5) is 8.89. The zero-order chi connectivity index (χ0) is 15.0. The lowest BCUT2D eigenvalue weighted by molar-refractivity contribution is 0.997. The van der Waals surface area contributed by atoms with Crippen molar-refractivity contribution in [2.75, 3.05) is 6.38 Å². The molecule has 2 rings (SSSR count). The number of pyridine rings is 1. The maximum atomic E-state index is 5.58. The van der Waals surface area contributed by atoms with Crippen molar-refractivity contribution in [1.29, 1.82) is 0 Å². The highest BCUT2D eigenvalue weighted by atomic mass is 35.5. The molecule has 20 heavy (non-hydrogen) atoms. The van der Waals surface area contributed by atoms with E-state index in [1.54, 1.807) is 17.4 Å². The van der Waals surface area contributed by atoms with Crippen LogP contribution in [-0.2, 0) is 6.54 Å². The molecule has 0 unspecified atom stereocenters. The summed E-state index contributed by atoms with van der Waals surface area (Å²) in [6, 6.07) is 1.94. The van der Waals surface area contributed by atoms with E-state index in [1.165, 1.54) is 6.38 Å². The molecule has 0 aromatic carbocycles. The number of thiazole rings is 1. The molecule has 0 saturated heterocycles. The zero-order valence-electron chi connectivity index (χ0n) is 11.6. The van der Waals surface area contributed by atoms with Crippen LogP contribution in [-0.4, -0.2) is 16.4 Å². The van der Waals surface area contributed by atoms with E-state index in [0.717, 1.165) is 26.5 Å². The lowest BCUT2D eigenvalue weighted by atomic mass is 10.2. The molecular weight excluding hydrogens is 290 g/mol. The molecule has 0 amide bonds. The van der Waals surface area contributed by atoms with Crippen molar-refractivity contribution in [3.05, 3.63) is 53.8 Å². The van der Waals surface area contributed by atoms with Crippen LogP contribution in [0.15, 0.2) is 43.1 Å². The van der Waals surface area contributed by atoms with Crippen LogP contribution in [0.3, 0.4) is 0 Å². The maximum absolute atomic E-state index is 5.58. The van der Waals surface area contributed by atoms with Gasteiger partial charge in [-0.1, -0.05) is 30.9 Å². The lowest BCUT2D eigenvalue weighted by Gasteiger charge is -1.93. The predicted octanol–water partition coefficient (Wildman–Crippen LogP) is 4.15. The highest BCUT2D eigenvalue weighted by Gasteiger charge is 2.07. The van der Waals surface area contributed by atoms with E-state index in [9.17, 15) is 0 Å². The summed E-state index contributed by atoms with van der Waals surface area (Å²) < 4.78 is 1.07. The Bertz CT molecular complexity index is 629. The first-order valence-corrected chi connectivity index (χ1v) is 7.65. The van der Waals surface area contributed by atoms with Gasteiger partial charge < -0.3 is 5.73 Å². The Morgan fingerprint density at radius 3 is 2.85 bits per heavy atom. The Hall–Kier alpha value is -1.49. The van der Waals surface area contributed by atoms with Gasteiger partial charge in [0.15, 0.2) is 0 Å². The molecule has 0 spiro atoms. The molecule has 2 aromatic rings. The summed E-state index contributed by atoms with van der Waals surface area (Å²) in [6.07, 6.45) is 11.0. The summed E-state index contributed by atoms with van der Waals surface area (Å²) in [5.41, 5.74) is 8.45. The Balaban J connectivity index is 0.000000956. The van der Waals surface area contributed by atoms with Gasteiger partial charge in [-0.15, -0.1) is 22.9 Å². The van der Waals surface area contributed by atoms with E-state index in [2.05, 4.69) is 28.1 Å². The van der Waals surface area contributed by atoms with Crippen LogP contribution >= 0.6 is 22.9 Å². The van der Waals surface area contributed by atoms with Crippen molar-refractivity contribution in [2.45, 2.75) is 13.5 Å². The van der Waals surface area contributed by atoms with Gasteiger partial charge in [-0.2, -0.15) is 0 Å². The van der Waals surface area contributed by atoms with Gasteiger partial charge >= 0.3 is 0 Å². The molecule has 0 radical (unpaired) electrons. The van der Waals surface area contributed by atoms with Crippen LogP contribution in [0.25, 0.3) is 15.8 Å². The monoisotopic (exact) mass is 307 g/mol. The molecule has 5 heteroatoms. The molecule has 0 bridgehead atoms. The molecule has 0 fully saturated rings. The molecule has 0 saturated carbocycles. The number of allylic oxidation sites excluding steroid dienone is 5. The summed E-state index contributed by atoms with van der Waals surface area (Å²) in [5.74, 6) is 0. The first-order chi connectivity index (χ1) is 9.78. The minimum Gasteiger partial charge on any atom is -0.325 e. The highest BCUT2D eigenvalue weighted by molar-refractivity contribution is 7.19. The molecule has 106 valence electrons. The Kier molecular flexibility index (Phi) is 7.15. The summed E-state index contributed by atoms with van der Waals surface area (Å²) in [6.45, 7) is 6.15. The van der Waals surface area contributed by atoms with Crippen molar-refractivity contribution in [3.8, 4) is 0 Å². The van der Waals surface area contributed by atoms with E-state index in [-0.39, 0.29) is 0 Å². The molecular formula is C15H18ClN3S. The minimum absolute atomic E-state index is 0.438. The number of alkyl halides is 1. The highest BCUT2D eigenvalue weighted by Crippen LogP contribution is 2.27. The van der Waals surface area contributed by atoms with Gasteiger partial charge in [0, 0.05) is 24.7 Å². The van der Waals surface area contributed by atoms with Gasteiger partial charge in [-0.3, -0.25) is 4.98 Å². The molecule has 2 N–H and O–H groups in total. The van der Waals surface area contributed by atoms with E-state index in [1.807, 2.05) is 37.4 Å². The van der Waals surface area contributed by atoms with E-state index in [4.69, 9.17) is 5.73 Å². The van der Waals surface area contributed by atoms with Crippen molar-refractivity contribution < 1.29 is 0 Å². The largest absolute Gasteiger partial charge is 0.325 e. The molecule has 2 heterocycles. The first kappa shape index (κ1) is 16.6. The lowest BCUT2D eigenvalue weighted by Crippen LogP contribution is -1.98. The van der Waals surface area contributed by atoms with Gasteiger partial charge in [0.25, 0.3) is 0 Å². The smallest absolute Gasteiger partial charge is 0.124 e. The first-order valence-electron chi connectivity index (χ1n) is 6.07. The number of halogens is 1. The molecule has 0 aliphatic carbocycles.